The van der Waals surface area contributed by atoms with E-state index >= 15 is 0 Å². The van der Waals surface area contributed by atoms with Crippen molar-refractivity contribution in [1.29, 1.82) is 0 Å². The number of nitrogens with one attached hydrogen (secondary N) is 2. The number of halogens is 2. The number of aromatic nitrogens is 4. The van der Waals surface area contributed by atoms with Crippen molar-refractivity contribution in [1.82, 2.24) is 19.5 Å². The van der Waals surface area contributed by atoms with E-state index in [2.05, 4.69) is 37.0 Å². The van der Waals surface area contributed by atoms with Crippen LogP contribution in [0.3, 0.4) is 0 Å². The van der Waals surface area contributed by atoms with Gasteiger partial charge in [-0.25, -0.2) is 14.4 Å². The SMILES string of the molecule is CC(Nc1cc(-c2cncn2Cc2ccccc2)ccn1)c1cc2cc(Cl)cc(F)c2[nH]c1=O. The summed E-state index contributed by atoms with van der Waals surface area (Å²) in [6, 6.07) is 18.1. The molecule has 3 heterocycles. The number of imidazole rings is 1. The number of hydrogen-bond acceptors (Lipinski definition) is 4. The van der Waals surface area contributed by atoms with Crippen molar-refractivity contribution in [2.75, 3.05) is 5.32 Å². The summed E-state index contributed by atoms with van der Waals surface area (Å²) in [5.74, 6) is 0.0440. The molecule has 0 saturated heterocycles. The first-order chi connectivity index (χ1) is 16.5. The van der Waals surface area contributed by atoms with Crippen LogP contribution in [0.15, 0.2) is 84.2 Å². The third kappa shape index (κ3) is 4.43. The Hall–Kier alpha value is -3.97. The number of rotatable bonds is 6. The number of benzene rings is 2. The second kappa shape index (κ2) is 9.11. The second-order valence-corrected chi connectivity index (χ2v) is 8.53. The molecule has 0 fully saturated rings. The van der Waals surface area contributed by atoms with Crippen molar-refractivity contribution < 1.29 is 4.39 Å². The molecule has 8 heteroatoms. The Morgan fingerprint density at radius 3 is 2.79 bits per heavy atom. The van der Waals surface area contributed by atoms with Crippen LogP contribution in [0.4, 0.5) is 10.2 Å². The molecule has 0 spiro atoms. The highest BCUT2D eigenvalue weighted by Crippen LogP contribution is 2.26. The highest BCUT2D eigenvalue weighted by atomic mass is 35.5. The monoisotopic (exact) mass is 473 g/mol. The number of nitrogens with zero attached hydrogens (tertiary/aromatic N) is 3. The summed E-state index contributed by atoms with van der Waals surface area (Å²) in [5.41, 5.74) is 3.29. The molecule has 0 radical (unpaired) electrons. The zero-order chi connectivity index (χ0) is 23.7. The molecule has 0 saturated carbocycles. The lowest BCUT2D eigenvalue weighted by Crippen LogP contribution is -2.20. The van der Waals surface area contributed by atoms with Gasteiger partial charge in [0.15, 0.2) is 0 Å². The fourth-order valence-electron chi connectivity index (χ4n) is 4.02. The van der Waals surface area contributed by atoms with Gasteiger partial charge in [-0.1, -0.05) is 41.9 Å². The van der Waals surface area contributed by atoms with Crippen LogP contribution in [-0.2, 0) is 6.54 Å². The standard InChI is InChI=1S/C26H21ClFN5O/c1-16(21-10-19-9-20(27)12-22(28)25(19)32-26(21)34)31-24-11-18(7-8-30-24)23-13-29-15-33(23)14-17-5-3-2-4-6-17/h2-13,15-16H,14H2,1H3,(H,30,31)(H,32,34). The Bertz CT molecular complexity index is 1530. The summed E-state index contributed by atoms with van der Waals surface area (Å²) in [6.45, 7) is 2.55. The lowest BCUT2D eigenvalue weighted by Gasteiger charge is -2.16. The molecule has 0 amide bonds. The molecule has 2 N–H and O–H groups in total. The van der Waals surface area contributed by atoms with Crippen LogP contribution in [0.25, 0.3) is 22.2 Å². The Balaban J connectivity index is 1.42. The zero-order valence-corrected chi connectivity index (χ0v) is 19.1. The van der Waals surface area contributed by atoms with Crippen LogP contribution in [0.2, 0.25) is 5.02 Å². The third-order valence-electron chi connectivity index (χ3n) is 5.69. The summed E-state index contributed by atoms with van der Waals surface area (Å²) < 4.78 is 16.2. The third-order valence-corrected chi connectivity index (χ3v) is 5.91. The minimum Gasteiger partial charge on any atom is -0.363 e. The van der Waals surface area contributed by atoms with Gasteiger partial charge in [-0.2, -0.15) is 0 Å². The van der Waals surface area contributed by atoms with Gasteiger partial charge in [-0.3, -0.25) is 4.79 Å². The maximum atomic E-state index is 14.2. The number of hydrogen-bond donors (Lipinski definition) is 2. The largest absolute Gasteiger partial charge is 0.363 e. The maximum absolute atomic E-state index is 14.2. The summed E-state index contributed by atoms with van der Waals surface area (Å²) >= 11 is 5.99. The summed E-state index contributed by atoms with van der Waals surface area (Å²) in [4.78, 5) is 24.0. The molecule has 5 aromatic rings. The average Bonchev–Trinajstić information content (AvgIpc) is 3.28. The van der Waals surface area contributed by atoms with E-state index in [1.165, 1.54) is 11.6 Å². The highest BCUT2D eigenvalue weighted by molar-refractivity contribution is 6.31. The van der Waals surface area contributed by atoms with E-state index in [0.717, 1.165) is 11.3 Å². The van der Waals surface area contributed by atoms with Crippen molar-refractivity contribution in [3.63, 3.8) is 0 Å². The second-order valence-electron chi connectivity index (χ2n) is 8.09. The molecule has 34 heavy (non-hydrogen) atoms. The number of H-pyrrole nitrogens is 1. The molecular weight excluding hydrogens is 453 g/mol. The molecule has 2 aromatic carbocycles. The molecule has 170 valence electrons. The fraction of sp³-hybridized carbons (Fsp3) is 0.115. The lowest BCUT2D eigenvalue weighted by atomic mass is 10.1. The van der Waals surface area contributed by atoms with Crippen molar-refractivity contribution >= 4 is 28.3 Å². The number of fused-ring (bicyclic) bond motifs is 1. The zero-order valence-electron chi connectivity index (χ0n) is 18.3. The first-order valence-electron chi connectivity index (χ1n) is 10.8. The van der Waals surface area contributed by atoms with E-state index in [0.29, 0.717) is 23.3 Å². The molecule has 0 aliphatic carbocycles. The van der Waals surface area contributed by atoms with Crippen LogP contribution in [0.5, 0.6) is 0 Å². The van der Waals surface area contributed by atoms with Gasteiger partial charge in [0.25, 0.3) is 5.56 Å². The van der Waals surface area contributed by atoms with Gasteiger partial charge in [-0.15, -0.1) is 0 Å². The Labute approximate surface area is 200 Å². The molecule has 0 aliphatic rings. The highest BCUT2D eigenvalue weighted by Gasteiger charge is 2.15. The minimum absolute atomic E-state index is 0.136. The van der Waals surface area contributed by atoms with Crippen molar-refractivity contribution in [3.05, 3.63) is 112 Å². The molecule has 5 rings (SSSR count). The Morgan fingerprint density at radius 1 is 1.15 bits per heavy atom. The average molecular weight is 474 g/mol. The normalized spacial score (nSPS) is 12.1. The summed E-state index contributed by atoms with van der Waals surface area (Å²) in [6.07, 6.45) is 5.33. The molecule has 3 aromatic heterocycles. The summed E-state index contributed by atoms with van der Waals surface area (Å²) in [7, 11) is 0. The predicted octanol–water partition coefficient (Wildman–Crippen LogP) is 5.80. The van der Waals surface area contributed by atoms with E-state index in [1.807, 2.05) is 43.5 Å². The van der Waals surface area contributed by atoms with Gasteiger partial charge in [-0.05, 0) is 42.8 Å². The van der Waals surface area contributed by atoms with E-state index in [9.17, 15) is 9.18 Å². The minimum atomic E-state index is -0.562. The lowest BCUT2D eigenvalue weighted by molar-refractivity contribution is 0.636. The van der Waals surface area contributed by atoms with E-state index in [-0.39, 0.29) is 22.1 Å². The van der Waals surface area contributed by atoms with Crippen molar-refractivity contribution in [2.24, 2.45) is 0 Å². The topological polar surface area (TPSA) is 75.6 Å². The van der Waals surface area contributed by atoms with Gasteiger partial charge >= 0.3 is 0 Å². The van der Waals surface area contributed by atoms with Crippen molar-refractivity contribution in [3.8, 4) is 11.3 Å². The van der Waals surface area contributed by atoms with Gasteiger partial charge in [0, 0.05) is 34.3 Å². The summed E-state index contributed by atoms with van der Waals surface area (Å²) in [5, 5.41) is 4.07. The smallest absolute Gasteiger partial charge is 0.253 e. The van der Waals surface area contributed by atoms with E-state index in [4.69, 9.17) is 11.6 Å². The van der Waals surface area contributed by atoms with Gasteiger partial charge in [0.1, 0.15) is 11.6 Å². The van der Waals surface area contributed by atoms with E-state index < -0.39 is 5.82 Å². The van der Waals surface area contributed by atoms with E-state index in [1.54, 1.807) is 24.7 Å². The number of anilines is 1. The fourth-order valence-corrected chi connectivity index (χ4v) is 4.23. The predicted molar refractivity (Wildman–Crippen MR) is 133 cm³/mol. The van der Waals surface area contributed by atoms with Crippen molar-refractivity contribution in [2.45, 2.75) is 19.5 Å². The Kier molecular flexibility index (Phi) is 5.86. The molecule has 6 nitrogen and oxygen atoms in total. The molecule has 0 aliphatic heterocycles. The Morgan fingerprint density at radius 2 is 1.97 bits per heavy atom. The number of pyridine rings is 2. The van der Waals surface area contributed by atoms with Crippen LogP contribution < -0.4 is 10.9 Å². The quantitative estimate of drug-likeness (QED) is 0.327. The molecule has 0 bridgehead atoms. The number of aromatic amines is 1. The van der Waals surface area contributed by atoms with Crippen LogP contribution in [0.1, 0.15) is 24.1 Å². The van der Waals surface area contributed by atoms with Crippen LogP contribution in [0, 0.1) is 5.82 Å². The van der Waals surface area contributed by atoms with Gasteiger partial charge in [0.05, 0.1) is 29.8 Å². The molecule has 1 unspecified atom stereocenters. The van der Waals surface area contributed by atoms with Gasteiger partial charge in [0.2, 0.25) is 0 Å². The van der Waals surface area contributed by atoms with Crippen LogP contribution >= 0.6 is 11.6 Å². The molecular formula is C26H21ClFN5O. The first kappa shape index (κ1) is 21.9. The maximum Gasteiger partial charge on any atom is 0.253 e. The van der Waals surface area contributed by atoms with Gasteiger partial charge < -0.3 is 14.9 Å². The first-order valence-corrected chi connectivity index (χ1v) is 11.1. The molecule has 1 atom stereocenters. The van der Waals surface area contributed by atoms with Crippen LogP contribution in [-0.4, -0.2) is 19.5 Å².